The molecule has 0 bridgehead atoms. The third-order valence-corrected chi connectivity index (χ3v) is 4.03. The Hall–Kier alpha value is -1.24. The summed E-state index contributed by atoms with van der Waals surface area (Å²) in [5.41, 5.74) is 0.644. The number of hydrogen-bond donors (Lipinski definition) is 2. The van der Waals surface area contributed by atoms with Crippen LogP contribution >= 0.6 is 23.4 Å². The van der Waals surface area contributed by atoms with Crippen molar-refractivity contribution in [2.24, 2.45) is 0 Å². The molecule has 2 rings (SSSR count). The third kappa shape index (κ3) is 4.13. The lowest BCUT2D eigenvalue weighted by molar-refractivity contribution is -0.122. The van der Waals surface area contributed by atoms with Crippen molar-refractivity contribution in [2.45, 2.75) is 6.10 Å². The summed E-state index contributed by atoms with van der Waals surface area (Å²) >= 11 is 7.05. The summed E-state index contributed by atoms with van der Waals surface area (Å²) in [6, 6.07) is 6.85. The van der Waals surface area contributed by atoms with E-state index in [1.807, 2.05) is 0 Å². The number of halogens is 1. The van der Waals surface area contributed by atoms with Gasteiger partial charge in [-0.1, -0.05) is 35.5 Å². The lowest BCUT2D eigenvalue weighted by Gasteiger charge is -2.16. The highest BCUT2D eigenvalue weighted by Gasteiger charge is 2.23. The molecule has 0 unspecified atom stereocenters. The van der Waals surface area contributed by atoms with Crippen molar-refractivity contribution in [1.82, 2.24) is 10.2 Å². The number of hydrogen-bond acceptors (Lipinski definition) is 4. The maximum atomic E-state index is 11.7. The monoisotopic (exact) mass is 314 g/mol. The molecular weight excluding hydrogens is 300 g/mol. The molecule has 1 aliphatic rings. The second-order valence-electron chi connectivity index (χ2n) is 4.41. The van der Waals surface area contributed by atoms with E-state index in [1.54, 1.807) is 24.3 Å². The molecule has 0 aromatic heterocycles. The SMILES string of the molecule is O=C(CN1CCSC1=O)NC[C@@H](O)c1cccc(Cl)c1. The summed E-state index contributed by atoms with van der Waals surface area (Å²) in [6.45, 7) is 0.718. The Kier molecular flexibility index (Phi) is 5.28. The van der Waals surface area contributed by atoms with Crippen LogP contribution in [0.3, 0.4) is 0 Å². The molecule has 20 heavy (non-hydrogen) atoms. The molecule has 2 N–H and O–H groups in total. The molecule has 7 heteroatoms. The first-order valence-electron chi connectivity index (χ1n) is 6.18. The zero-order chi connectivity index (χ0) is 14.5. The van der Waals surface area contributed by atoms with Gasteiger partial charge in [0.25, 0.3) is 5.24 Å². The van der Waals surface area contributed by atoms with Gasteiger partial charge in [0.05, 0.1) is 6.10 Å². The normalized spacial score (nSPS) is 16.3. The second-order valence-corrected chi connectivity index (χ2v) is 5.89. The Morgan fingerprint density at radius 3 is 3.00 bits per heavy atom. The molecule has 0 aliphatic carbocycles. The first-order valence-corrected chi connectivity index (χ1v) is 7.54. The van der Waals surface area contributed by atoms with Crippen molar-refractivity contribution >= 4 is 34.5 Å². The summed E-state index contributed by atoms with van der Waals surface area (Å²) < 4.78 is 0. The second kappa shape index (κ2) is 6.97. The number of aliphatic hydroxyl groups excluding tert-OH is 1. The third-order valence-electron chi connectivity index (χ3n) is 2.91. The van der Waals surface area contributed by atoms with Crippen LogP contribution < -0.4 is 5.32 Å². The van der Waals surface area contributed by atoms with Gasteiger partial charge >= 0.3 is 0 Å². The molecule has 1 atom stereocenters. The van der Waals surface area contributed by atoms with Crippen LogP contribution in [-0.2, 0) is 4.79 Å². The minimum atomic E-state index is -0.818. The number of carbonyl (C=O) groups excluding carboxylic acids is 2. The minimum Gasteiger partial charge on any atom is -0.387 e. The van der Waals surface area contributed by atoms with Gasteiger partial charge in [0, 0.05) is 23.9 Å². The van der Waals surface area contributed by atoms with E-state index in [0.717, 1.165) is 5.75 Å². The van der Waals surface area contributed by atoms with Crippen LogP contribution in [0, 0.1) is 0 Å². The molecule has 1 saturated heterocycles. The average molecular weight is 315 g/mol. The largest absolute Gasteiger partial charge is 0.387 e. The van der Waals surface area contributed by atoms with Crippen molar-refractivity contribution in [1.29, 1.82) is 0 Å². The fraction of sp³-hybridized carbons (Fsp3) is 0.385. The average Bonchev–Trinajstić information content (AvgIpc) is 2.81. The number of nitrogens with zero attached hydrogens (tertiary/aromatic N) is 1. The summed E-state index contributed by atoms with van der Waals surface area (Å²) in [4.78, 5) is 24.5. The van der Waals surface area contributed by atoms with Crippen LogP contribution in [-0.4, -0.2) is 46.5 Å². The highest BCUT2D eigenvalue weighted by atomic mass is 35.5. The lowest BCUT2D eigenvalue weighted by Crippen LogP contribution is -2.38. The van der Waals surface area contributed by atoms with Crippen molar-refractivity contribution < 1.29 is 14.7 Å². The number of carbonyl (C=O) groups is 2. The molecule has 108 valence electrons. The van der Waals surface area contributed by atoms with Crippen LogP contribution in [0.2, 0.25) is 5.02 Å². The molecule has 1 aliphatic heterocycles. The van der Waals surface area contributed by atoms with Crippen LogP contribution in [0.15, 0.2) is 24.3 Å². The predicted octanol–water partition coefficient (Wildman–Crippen LogP) is 1.66. The number of thioether (sulfide) groups is 1. The summed E-state index contributed by atoms with van der Waals surface area (Å²) in [6.07, 6.45) is -0.818. The first-order chi connectivity index (χ1) is 9.56. The Morgan fingerprint density at radius 2 is 2.35 bits per heavy atom. The molecule has 1 fully saturated rings. The molecular formula is C13H15ClN2O3S. The Morgan fingerprint density at radius 1 is 1.55 bits per heavy atom. The van der Waals surface area contributed by atoms with Crippen molar-refractivity contribution in [3.8, 4) is 0 Å². The number of amides is 2. The standard InChI is InChI=1S/C13H15ClN2O3S/c14-10-3-1-2-9(6-10)11(17)7-15-12(18)8-16-4-5-20-13(16)19/h1-3,6,11,17H,4-5,7-8H2,(H,15,18)/t11-/m1/s1. The maximum absolute atomic E-state index is 11.7. The molecule has 0 radical (unpaired) electrons. The number of aliphatic hydroxyl groups is 1. The molecule has 1 aromatic rings. The van der Waals surface area contributed by atoms with E-state index in [-0.39, 0.29) is 24.2 Å². The van der Waals surface area contributed by atoms with E-state index in [9.17, 15) is 14.7 Å². The number of nitrogens with one attached hydrogen (secondary N) is 1. The van der Waals surface area contributed by atoms with E-state index in [2.05, 4.69) is 5.32 Å². The van der Waals surface area contributed by atoms with Gasteiger partial charge in [-0.25, -0.2) is 0 Å². The highest BCUT2D eigenvalue weighted by Crippen LogP contribution is 2.18. The molecule has 0 saturated carbocycles. The molecule has 2 amide bonds. The van der Waals surface area contributed by atoms with Gasteiger partial charge in [0.15, 0.2) is 0 Å². The Bertz CT molecular complexity index is 512. The predicted molar refractivity (Wildman–Crippen MR) is 78.8 cm³/mol. The molecule has 0 spiro atoms. The van der Waals surface area contributed by atoms with Crippen LogP contribution in [0.1, 0.15) is 11.7 Å². The Balaban J connectivity index is 1.79. The first kappa shape index (κ1) is 15.2. The maximum Gasteiger partial charge on any atom is 0.282 e. The summed E-state index contributed by atoms with van der Waals surface area (Å²) in [5.74, 6) is 0.444. The topological polar surface area (TPSA) is 69.6 Å². The van der Waals surface area contributed by atoms with Crippen molar-refractivity contribution in [3.63, 3.8) is 0 Å². The fourth-order valence-electron chi connectivity index (χ4n) is 1.84. The number of benzene rings is 1. The highest BCUT2D eigenvalue weighted by molar-refractivity contribution is 8.13. The van der Waals surface area contributed by atoms with Crippen molar-refractivity contribution in [2.75, 3.05) is 25.4 Å². The minimum absolute atomic E-state index is 0.0358. The van der Waals surface area contributed by atoms with Gasteiger partial charge in [0.2, 0.25) is 5.91 Å². The van der Waals surface area contributed by atoms with Gasteiger partial charge in [-0.2, -0.15) is 0 Å². The van der Waals surface area contributed by atoms with Gasteiger partial charge < -0.3 is 15.3 Å². The van der Waals surface area contributed by atoms with E-state index in [0.29, 0.717) is 17.1 Å². The van der Waals surface area contributed by atoms with Gasteiger partial charge in [-0.3, -0.25) is 9.59 Å². The van der Waals surface area contributed by atoms with Crippen LogP contribution in [0.5, 0.6) is 0 Å². The summed E-state index contributed by atoms with van der Waals surface area (Å²) in [7, 11) is 0. The molecule has 1 heterocycles. The molecule has 1 aromatic carbocycles. The molecule has 5 nitrogen and oxygen atoms in total. The van der Waals surface area contributed by atoms with E-state index >= 15 is 0 Å². The zero-order valence-corrected chi connectivity index (χ0v) is 12.3. The Labute approximate surface area is 126 Å². The fourth-order valence-corrected chi connectivity index (χ4v) is 2.86. The smallest absolute Gasteiger partial charge is 0.282 e. The zero-order valence-electron chi connectivity index (χ0n) is 10.7. The van der Waals surface area contributed by atoms with Gasteiger partial charge in [-0.15, -0.1) is 0 Å². The van der Waals surface area contributed by atoms with Crippen molar-refractivity contribution in [3.05, 3.63) is 34.9 Å². The van der Waals surface area contributed by atoms with E-state index < -0.39 is 6.10 Å². The van der Waals surface area contributed by atoms with Gasteiger partial charge in [0.1, 0.15) is 6.54 Å². The van der Waals surface area contributed by atoms with Crippen LogP contribution in [0.4, 0.5) is 4.79 Å². The van der Waals surface area contributed by atoms with Crippen LogP contribution in [0.25, 0.3) is 0 Å². The quantitative estimate of drug-likeness (QED) is 0.867. The van der Waals surface area contributed by atoms with E-state index in [4.69, 9.17) is 11.6 Å². The number of rotatable bonds is 5. The lowest BCUT2D eigenvalue weighted by atomic mass is 10.1. The summed E-state index contributed by atoms with van der Waals surface area (Å²) in [5, 5.41) is 13.0. The van der Waals surface area contributed by atoms with Gasteiger partial charge in [-0.05, 0) is 17.7 Å². The van der Waals surface area contributed by atoms with E-state index in [1.165, 1.54) is 16.7 Å².